The lowest BCUT2D eigenvalue weighted by atomic mass is 10.3. The van der Waals surface area contributed by atoms with Crippen LogP contribution in [0.4, 0.5) is 5.69 Å². The minimum absolute atomic E-state index is 0.00836. The number of aryl methyl sites for hydroxylation is 1. The number of anilines is 1. The van der Waals surface area contributed by atoms with Gasteiger partial charge in [-0.25, -0.2) is 12.7 Å². The first-order chi connectivity index (χ1) is 12.8. The Hall–Kier alpha value is -2.14. The largest absolute Gasteiger partial charge is 0.356 e. The van der Waals surface area contributed by atoms with Crippen molar-refractivity contribution in [1.82, 2.24) is 24.3 Å². The number of aromatic nitrogens is 2. The second-order valence-corrected chi connectivity index (χ2v) is 8.75. The molecule has 1 saturated heterocycles. The van der Waals surface area contributed by atoms with Gasteiger partial charge in [0.25, 0.3) is 0 Å². The zero-order valence-electron chi connectivity index (χ0n) is 16.4. The zero-order valence-corrected chi connectivity index (χ0v) is 17.2. The van der Waals surface area contributed by atoms with Gasteiger partial charge in [0.2, 0.25) is 15.9 Å². The van der Waals surface area contributed by atoms with Gasteiger partial charge in [-0.05, 0) is 13.3 Å². The second kappa shape index (κ2) is 9.18. The second-order valence-electron chi connectivity index (χ2n) is 6.39. The van der Waals surface area contributed by atoms with Crippen LogP contribution in [0.1, 0.15) is 13.3 Å². The molecule has 10 nitrogen and oxygen atoms in total. The summed E-state index contributed by atoms with van der Waals surface area (Å²) in [5.74, 6) is 0.739. The van der Waals surface area contributed by atoms with E-state index in [9.17, 15) is 13.2 Å². The molecule has 1 aromatic rings. The molecule has 27 heavy (non-hydrogen) atoms. The van der Waals surface area contributed by atoms with Crippen LogP contribution in [0.5, 0.6) is 0 Å². The predicted octanol–water partition coefficient (Wildman–Crippen LogP) is -0.684. The van der Waals surface area contributed by atoms with Crippen molar-refractivity contribution in [1.29, 1.82) is 0 Å². The highest BCUT2D eigenvalue weighted by atomic mass is 32.2. The molecule has 0 atom stereocenters. The summed E-state index contributed by atoms with van der Waals surface area (Å²) in [7, 11) is 1.93. The molecule has 1 aliphatic rings. The van der Waals surface area contributed by atoms with Crippen molar-refractivity contribution in [2.24, 2.45) is 12.0 Å². The zero-order chi connectivity index (χ0) is 20.0. The monoisotopic (exact) mass is 399 g/mol. The van der Waals surface area contributed by atoms with E-state index in [0.717, 1.165) is 5.69 Å². The third-order valence-corrected chi connectivity index (χ3v) is 6.37. The summed E-state index contributed by atoms with van der Waals surface area (Å²) < 4.78 is 26.5. The number of aliphatic imine (C=N–C) groups is 1. The Kier molecular flexibility index (Phi) is 7.19. The summed E-state index contributed by atoms with van der Waals surface area (Å²) >= 11 is 0. The van der Waals surface area contributed by atoms with Gasteiger partial charge in [-0.15, -0.1) is 0 Å². The lowest BCUT2D eigenvalue weighted by Crippen LogP contribution is -2.55. The van der Waals surface area contributed by atoms with Crippen molar-refractivity contribution >= 4 is 27.6 Å². The fraction of sp³-hybridized carbons (Fsp3) is 0.688. The third-order valence-electron chi connectivity index (χ3n) is 4.51. The molecule has 2 heterocycles. The topological polar surface area (TPSA) is 103 Å². The Morgan fingerprint density at radius 2 is 2.15 bits per heavy atom. The number of carbonyl (C=O) groups excluding carboxylic acids is 1. The highest BCUT2D eigenvalue weighted by Crippen LogP contribution is 2.16. The van der Waals surface area contributed by atoms with E-state index in [2.05, 4.69) is 15.4 Å². The maximum Gasteiger partial charge on any atom is 0.246 e. The summed E-state index contributed by atoms with van der Waals surface area (Å²) in [4.78, 5) is 20.4. The van der Waals surface area contributed by atoms with E-state index in [0.29, 0.717) is 38.6 Å². The molecule has 2 rings (SSSR count). The number of nitrogens with zero attached hydrogens (tertiary/aromatic N) is 6. The van der Waals surface area contributed by atoms with Crippen molar-refractivity contribution in [2.45, 2.75) is 13.3 Å². The first kappa shape index (κ1) is 21.2. The van der Waals surface area contributed by atoms with Crippen LogP contribution in [0.3, 0.4) is 0 Å². The van der Waals surface area contributed by atoms with Crippen molar-refractivity contribution in [3.8, 4) is 0 Å². The van der Waals surface area contributed by atoms with Crippen LogP contribution in [0.15, 0.2) is 17.4 Å². The maximum atomic E-state index is 12.5. The van der Waals surface area contributed by atoms with Gasteiger partial charge >= 0.3 is 0 Å². The molecule has 0 spiro atoms. The van der Waals surface area contributed by atoms with E-state index in [4.69, 9.17) is 0 Å². The SMILES string of the molecule is CCS(=O)(=O)N(C)CCCNC(=NC)N1CCN(c2cnn(C)c2)C(=O)C1. The first-order valence-corrected chi connectivity index (χ1v) is 10.6. The highest BCUT2D eigenvalue weighted by molar-refractivity contribution is 7.89. The van der Waals surface area contributed by atoms with Crippen molar-refractivity contribution in [3.05, 3.63) is 12.4 Å². The van der Waals surface area contributed by atoms with E-state index in [1.54, 1.807) is 36.8 Å². The Labute approximate surface area is 160 Å². The fourth-order valence-corrected chi connectivity index (χ4v) is 3.72. The number of piperazine rings is 1. The summed E-state index contributed by atoms with van der Waals surface area (Å²) in [6, 6.07) is 0. The summed E-state index contributed by atoms with van der Waals surface area (Å²) in [6.45, 7) is 4.10. The number of nitrogens with one attached hydrogen (secondary N) is 1. The molecule has 1 N–H and O–H groups in total. The van der Waals surface area contributed by atoms with Gasteiger partial charge in [0.05, 0.1) is 17.6 Å². The van der Waals surface area contributed by atoms with Crippen LogP contribution in [0.25, 0.3) is 0 Å². The molecule has 0 bridgehead atoms. The van der Waals surface area contributed by atoms with Gasteiger partial charge in [0, 0.05) is 53.5 Å². The van der Waals surface area contributed by atoms with Gasteiger partial charge in [0.15, 0.2) is 5.96 Å². The van der Waals surface area contributed by atoms with Gasteiger partial charge in [0.1, 0.15) is 6.54 Å². The summed E-state index contributed by atoms with van der Waals surface area (Å²) in [5.41, 5.74) is 0.797. The highest BCUT2D eigenvalue weighted by Gasteiger charge is 2.27. The number of sulfonamides is 1. The Morgan fingerprint density at radius 3 is 2.70 bits per heavy atom. The van der Waals surface area contributed by atoms with Gasteiger partial charge in [-0.3, -0.25) is 14.5 Å². The maximum absolute atomic E-state index is 12.5. The van der Waals surface area contributed by atoms with Gasteiger partial charge in [-0.2, -0.15) is 5.10 Å². The van der Waals surface area contributed by atoms with Crippen LogP contribution in [-0.2, 0) is 21.9 Å². The van der Waals surface area contributed by atoms with Gasteiger partial charge < -0.3 is 15.1 Å². The molecule has 152 valence electrons. The molecule has 1 aromatic heterocycles. The lowest BCUT2D eigenvalue weighted by Gasteiger charge is -2.35. The molecule has 0 aliphatic carbocycles. The van der Waals surface area contributed by atoms with Crippen LogP contribution < -0.4 is 10.2 Å². The van der Waals surface area contributed by atoms with Crippen LogP contribution in [-0.4, -0.2) is 91.8 Å². The third kappa shape index (κ3) is 5.42. The van der Waals surface area contributed by atoms with Crippen LogP contribution in [0, 0.1) is 0 Å². The van der Waals surface area contributed by atoms with E-state index in [1.165, 1.54) is 4.31 Å². The molecule has 0 radical (unpaired) electrons. The number of hydrogen-bond donors (Lipinski definition) is 1. The summed E-state index contributed by atoms with van der Waals surface area (Å²) in [5, 5.41) is 7.32. The first-order valence-electron chi connectivity index (χ1n) is 8.97. The minimum atomic E-state index is -3.16. The average Bonchev–Trinajstić information content (AvgIpc) is 3.07. The Morgan fingerprint density at radius 1 is 1.41 bits per heavy atom. The summed E-state index contributed by atoms with van der Waals surface area (Å²) in [6.07, 6.45) is 4.15. The standard InChI is InChI=1S/C16H29N7O3S/c1-5-27(25,26)21(4)8-6-7-18-16(17-2)22-9-10-23(15(24)13-22)14-11-19-20(3)12-14/h11-12H,5-10,13H2,1-4H3,(H,17,18). The van der Waals surface area contributed by atoms with Gasteiger partial charge in [-0.1, -0.05) is 0 Å². The molecule has 0 saturated carbocycles. The molecule has 0 aromatic carbocycles. The molecular weight excluding hydrogens is 370 g/mol. The Balaban J connectivity index is 1.82. The van der Waals surface area contributed by atoms with E-state index >= 15 is 0 Å². The molecule has 1 amide bonds. The number of hydrogen-bond acceptors (Lipinski definition) is 5. The number of rotatable bonds is 7. The molecule has 11 heteroatoms. The van der Waals surface area contributed by atoms with Crippen LogP contribution in [0.2, 0.25) is 0 Å². The predicted molar refractivity (Wildman–Crippen MR) is 105 cm³/mol. The number of guanidine groups is 1. The molecular formula is C16H29N7O3S. The smallest absolute Gasteiger partial charge is 0.246 e. The average molecular weight is 400 g/mol. The quantitative estimate of drug-likeness (QED) is 0.370. The van der Waals surface area contributed by atoms with E-state index < -0.39 is 10.0 Å². The lowest BCUT2D eigenvalue weighted by molar-refractivity contribution is -0.120. The minimum Gasteiger partial charge on any atom is -0.356 e. The number of amides is 1. The normalized spacial score (nSPS) is 16.3. The van der Waals surface area contributed by atoms with Crippen molar-refractivity contribution in [3.63, 3.8) is 0 Å². The van der Waals surface area contributed by atoms with E-state index in [1.807, 2.05) is 18.1 Å². The molecule has 1 aliphatic heterocycles. The van der Waals surface area contributed by atoms with E-state index in [-0.39, 0.29) is 18.2 Å². The fourth-order valence-electron chi connectivity index (χ4n) is 2.87. The molecule has 0 unspecified atom stereocenters. The molecule has 1 fully saturated rings. The van der Waals surface area contributed by atoms with Crippen molar-refractivity contribution in [2.75, 3.05) is 57.5 Å². The number of carbonyl (C=O) groups is 1. The Bertz CT molecular complexity index is 775. The van der Waals surface area contributed by atoms with Crippen LogP contribution >= 0.6 is 0 Å². The van der Waals surface area contributed by atoms with Crippen molar-refractivity contribution < 1.29 is 13.2 Å².